The number of aliphatic hydroxyl groups excluding tert-OH is 1. The number of fused-ring (bicyclic) bond motifs is 1. The lowest BCUT2D eigenvalue weighted by Gasteiger charge is -2.25. The molecule has 2 aromatic carbocycles. The Balaban J connectivity index is 1.68. The van der Waals surface area contributed by atoms with E-state index in [0.29, 0.717) is 5.76 Å². The van der Waals surface area contributed by atoms with Crippen LogP contribution in [-0.4, -0.2) is 18.0 Å². The second kappa shape index (κ2) is 5.99. The minimum Gasteiger partial charge on any atom is -0.507 e. The molecule has 2 aromatic rings. The summed E-state index contributed by atoms with van der Waals surface area (Å²) in [6.07, 6.45) is 4.90. The van der Waals surface area contributed by atoms with Crippen LogP contribution in [0.2, 0.25) is 0 Å². The van der Waals surface area contributed by atoms with Crippen molar-refractivity contribution in [1.82, 2.24) is 0 Å². The summed E-state index contributed by atoms with van der Waals surface area (Å²) in [5.74, 6) is 1.23. The van der Waals surface area contributed by atoms with Gasteiger partial charge < -0.3 is 14.6 Å². The summed E-state index contributed by atoms with van der Waals surface area (Å²) in [5.41, 5.74) is 6.60. The van der Waals surface area contributed by atoms with Gasteiger partial charge in [0.05, 0.1) is 6.61 Å². The summed E-state index contributed by atoms with van der Waals surface area (Å²) in [7, 11) is 0. The highest BCUT2D eigenvalue weighted by Gasteiger charge is 2.22. The molecule has 0 aromatic heterocycles. The first-order valence-corrected chi connectivity index (χ1v) is 8.57. The van der Waals surface area contributed by atoms with Crippen molar-refractivity contribution in [3.63, 3.8) is 0 Å². The van der Waals surface area contributed by atoms with Gasteiger partial charge >= 0.3 is 0 Å². The Morgan fingerprint density at radius 3 is 2.54 bits per heavy atom. The average Bonchev–Trinajstić information content (AvgIpc) is 2.54. The van der Waals surface area contributed by atoms with Gasteiger partial charge in [0.2, 0.25) is 0 Å². The van der Waals surface area contributed by atoms with Crippen molar-refractivity contribution in [2.45, 2.75) is 39.4 Å². The lowest BCUT2D eigenvalue weighted by atomic mass is 9.84. The van der Waals surface area contributed by atoms with Gasteiger partial charge in [-0.3, -0.25) is 0 Å². The molecule has 1 fully saturated rings. The standard InChI is InChI=1S/C21H22O3/c1-13-10-16(24-19-8-3-4-9-23-19)11-14(2)20(13)17-7-5-6-15-12-18(22)21(15)17/h5-7,10-12,19,22H,3-4,8-9H2,1-2H3. The molecular formula is C21H22O3. The quantitative estimate of drug-likeness (QED) is 0.839. The fraction of sp³-hybridized carbons (Fsp3) is 0.333. The molecule has 24 heavy (non-hydrogen) atoms. The molecule has 1 atom stereocenters. The van der Waals surface area contributed by atoms with Crippen LogP contribution in [0.15, 0.2) is 30.3 Å². The molecule has 1 saturated heterocycles. The Morgan fingerprint density at radius 2 is 1.88 bits per heavy atom. The number of rotatable bonds is 3. The minimum atomic E-state index is -0.131. The van der Waals surface area contributed by atoms with E-state index in [4.69, 9.17) is 9.47 Å². The van der Waals surface area contributed by atoms with Gasteiger partial charge in [-0.25, -0.2) is 0 Å². The van der Waals surface area contributed by atoms with E-state index in [2.05, 4.69) is 32.0 Å². The molecule has 1 aliphatic carbocycles. The highest BCUT2D eigenvalue weighted by Crippen LogP contribution is 2.41. The van der Waals surface area contributed by atoms with Gasteiger partial charge in [-0.2, -0.15) is 0 Å². The van der Waals surface area contributed by atoms with E-state index >= 15 is 0 Å². The number of aryl methyl sites for hydroxylation is 2. The fourth-order valence-electron chi connectivity index (χ4n) is 3.70. The van der Waals surface area contributed by atoms with Crippen LogP contribution in [0.3, 0.4) is 0 Å². The van der Waals surface area contributed by atoms with Crippen LogP contribution in [0.5, 0.6) is 5.75 Å². The molecule has 124 valence electrons. The molecular weight excluding hydrogens is 300 g/mol. The lowest BCUT2D eigenvalue weighted by molar-refractivity contribution is -0.105. The van der Waals surface area contributed by atoms with Gasteiger partial charge in [0.25, 0.3) is 0 Å². The highest BCUT2D eigenvalue weighted by atomic mass is 16.7. The van der Waals surface area contributed by atoms with E-state index in [-0.39, 0.29) is 6.29 Å². The Hall–Kier alpha value is -2.26. The van der Waals surface area contributed by atoms with Crippen LogP contribution in [0, 0.1) is 13.8 Å². The van der Waals surface area contributed by atoms with Gasteiger partial charge in [0.1, 0.15) is 11.5 Å². The van der Waals surface area contributed by atoms with E-state index in [1.165, 1.54) is 5.56 Å². The van der Waals surface area contributed by atoms with E-state index in [1.807, 2.05) is 12.1 Å². The molecule has 1 aliphatic heterocycles. The van der Waals surface area contributed by atoms with Crippen LogP contribution >= 0.6 is 0 Å². The monoisotopic (exact) mass is 322 g/mol. The van der Waals surface area contributed by atoms with Crippen molar-refractivity contribution in [3.8, 4) is 16.9 Å². The zero-order valence-corrected chi connectivity index (χ0v) is 14.1. The first kappa shape index (κ1) is 15.3. The van der Waals surface area contributed by atoms with Crippen LogP contribution in [0.25, 0.3) is 23.0 Å². The van der Waals surface area contributed by atoms with Crippen LogP contribution in [0.1, 0.15) is 41.5 Å². The molecule has 4 rings (SSSR count). The summed E-state index contributed by atoms with van der Waals surface area (Å²) in [6, 6.07) is 10.3. The van der Waals surface area contributed by atoms with Gasteiger partial charge in [-0.05, 0) is 72.7 Å². The number of hydrogen-bond acceptors (Lipinski definition) is 3. The highest BCUT2D eigenvalue weighted by molar-refractivity contribution is 5.99. The zero-order valence-electron chi connectivity index (χ0n) is 14.1. The predicted molar refractivity (Wildman–Crippen MR) is 96.1 cm³/mol. The van der Waals surface area contributed by atoms with E-state index < -0.39 is 0 Å². The zero-order chi connectivity index (χ0) is 16.7. The maximum absolute atomic E-state index is 10.0. The molecule has 1 N–H and O–H groups in total. The SMILES string of the molecule is Cc1cc(OC2CCCCO2)cc(C)c1-c1cccc2c1C(O)=C2. The van der Waals surface area contributed by atoms with Crippen molar-refractivity contribution < 1.29 is 14.6 Å². The molecule has 0 bridgehead atoms. The Kier molecular flexibility index (Phi) is 3.81. The summed E-state index contributed by atoms with van der Waals surface area (Å²) in [4.78, 5) is 0. The van der Waals surface area contributed by atoms with Crippen LogP contribution in [0.4, 0.5) is 0 Å². The van der Waals surface area contributed by atoms with E-state index in [9.17, 15) is 5.11 Å². The summed E-state index contributed by atoms with van der Waals surface area (Å²) in [6.45, 7) is 4.97. The maximum Gasteiger partial charge on any atom is 0.199 e. The summed E-state index contributed by atoms with van der Waals surface area (Å²) >= 11 is 0. The van der Waals surface area contributed by atoms with Crippen molar-refractivity contribution in [2.24, 2.45) is 0 Å². The van der Waals surface area contributed by atoms with E-state index in [1.54, 1.807) is 6.08 Å². The van der Waals surface area contributed by atoms with Crippen molar-refractivity contribution in [1.29, 1.82) is 0 Å². The predicted octanol–water partition coefficient (Wildman–Crippen LogP) is 5.25. The van der Waals surface area contributed by atoms with Gasteiger partial charge in [0.15, 0.2) is 6.29 Å². The smallest absolute Gasteiger partial charge is 0.199 e. The van der Waals surface area contributed by atoms with Gasteiger partial charge in [0, 0.05) is 12.0 Å². The largest absolute Gasteiger partial charge is 0.507 e. The Labute approximate surface area is 142 Å². The van der Waals surface area contributed by atoms with Crippen molar-refractivity contribution in [3.05, 3.63) is 52.6 Å². The number of hydrogen-bond donors (Lipinski definition) is 1. The number of benzene rings is 2. The first-order chi connectivity index (χ1) is 11.6. The van der Waals surface area contributed by atoms with Crippen LogP contribution < -0.4 is 4.74 Å². The molecule has 0 radical (unpaired) electrons. The summed E-state index contributed by atoms with van der Waals surface area (Å²) in [5, 5.41) is 10.0. The Bertz CT molecular complexity index is 791. The normalized spacial score (nSPS) is 19.2. The van der Waals surface area contributed by atoms with Gasteiger partial charge in [-0.15, -0.1) is 0 Å². The number of aliphatic hydroxyl groups is 1. The molecule has 3 nitrogen and oxygen atoms in total. The average molecular weight is 322 g/mol. The molecule has 1 unspecified atom stereocenters. The molecule has 0 saturated carbocycles. The maximum atomic E-state index is 10.0. The first-order valence-electron chi connectivity index (χ1n) is 8.57. The fourth-order valence-corrected chi connectivity index (χ4v) is 3.70. The van der Waals surface area contributed by atoms with Crippen LogP contribution in [-0.2, 0) is 4.74 Å². The third kappa shape index (κ3) is 2.59. The van der Waals surface area contributed by atoms with E-state index in [0.717, 1.165) is 59.4 Å². The van der Waals surface area contributed by atoms with Crippen molar-refractivity contribution in [2.75, 3.05) is 6.61 Å². The molecule has 1 heterocycles. The third-order valence-electron chi connectivity index (χ3n) is 4.83. The van der Waals surface area contributed by atoms with Gasteiger partial charge in [-0.1, -0.05) is 18.2 Å². The second-order valence-electron chi connectivity index (χ2n) is 6.65. The van der Waals surface area contributed by atoms with Crippen molar-refractivity contribution >= 4 is 11.8 Å². The lowest BCUT2D eigenvalue weighted by Crippen LogP contribution is -2.25. The summed E-state index contributed by atoms with van der Waals surface area (Å²) < 4.78 is 11.7. The number of ether oxygens (including phenoxy) is 2. The Morgan fingerprint density at radius 1 is 1.08 bits per heavy atom. The minimum absolute atomic E-state index is 0.131. The molecule has 0 spiro atoms. The second-order valence-corrected chi connectivity index (χ2v) is 6.65. The third-order valence-corrected chi connectivity index (χ3v) is 4.83. The molecule has 0 amide bonds. The molecule has 2 aliphatic rings. The molecule has 3 heteroatoms. The topological polar surface area (TPSA) is 38.7 Å².